The molecule has 0 fully saturated rings. The predicted octanol–water partition coefficient (Wildman–Crippen LogP) is -4.57. The molecule has 0 bridgehead atoms. The van der Waals surface area contributed by atoms with E-state index in [0.717, 1.165) is 27.0 Å². The summed E-state index contributed by atoms with van der Waals surface area (Å²) in [5.41, 5.74) is 1.59. The molecular formula is C13H26N2O7Si7. The van der Waals surface area contributed by atoms with Gasteiger partial charge in [-0.25, -0.2) is 0 Å². The van der Waals surface area contributed by atoms with E-state index in [4.69, 9.17) is 30.2 Å². The molecule has 0 saturated heterocycles. The molecule has 0 unspecified atom stereocenters. The Morgan fingerprint density at radius 1 is 0.759 bits per heavy atom. The van der Waals surface area contributed by atoms with E-state index < -0.39 is 58.4 Å². The van der Waals surface area contributed by atoms with Gasteiger partial charge < -0.3 is 30.2 Å². The Hall–Kier alpha value is -0.722. The average molecular weight is 519 g/mol. The Bertz CT molecular complexity index is 747. The Balaban J connectivity index is 1.71. The van der Waals surface area contributed by atoms with Crippen LogP contribution in [0.5, 0.6) is 0 Å². The molecule has 0 aliphatic carbocycles. The molecule has 2 N–H and O–H groups in total. The monoisotopic (exact) mass is 518 g/mol. The first kappa shape index (κ1) is 24.5. The molecule has 0 saturated carbocycles. The minimum absolute atomic E-state index is 0.679. The van der Waals surface area contributed by atoms with Crippen LogP contribution in [0.4, 0.5) is 11.4 Å². The molecule has 0 aliphatic heterocycles. The van der Waals surface area contributed by atoms with Crippen LogP contribution < -0.4 is 10.4 Å². The fourth-order valence-corrected chi connectivity index (χ4v) is 11.4. The van der Waals surface area contributed by atoms with E-state index in [1.54, 1.807) is 0 Å². The number of azo groups is 1. The maximum absolute atomic E-state index is 9.13. The second-order valence-electron chi connectivity index (χ2n) is 6.15. The van der Waals surface area contributed by atoms with Gasteiger partial charge in [-0.3, -0.25) is 0 Å². The summed E-state index contributed by atoms with van der Waals surface area (Å²) in [6, 6.07) is 15.8. The highest BCUT2D eigenvalue weighted by atomic mass is 28.4. The molecule has 9 nitrogen and oxygen atoms in total. The molecule has 0 amide bonds. The number of benzene rings is 2. The minimum atomic E-state index is -3.44. The van der Waals surface area contributed by atoms with Crippen molar-refractivity contribution in [3.63, 3.8) is 0 Å². The molecule has 0 aromatic heterocycles. The van der Waals surface area contributed by atoms with Crippen LogP contribution in [0, 0.1) is 0 Å². The summed E-state index contributed by atoms with van der Waals surface area (Å²) in [6.07, 6.45) is 0. The lowest BCUT2D eigenvalue weighted by Gasteiger charge is -2.12. The third-order valence-electron chi connectivity index (χ3n) is 3.47. The standard InChI is InChI=1S/C13H26N2O7Si7/c1-29(16,17)22-28-21-27-20-25-13-8-4-11(5-9-13)15-14-10-2-6-12(7-3-10)24-19-26-18-23/h2-9,16-17H,24-28H2,1,23H3/b15-14-. The first-order valence-electron chi connectivity index (χ1n) is 8.87. The van der Waals surface area contributed by atoms with Gasteiger partial charge in [-0.2, -0.15) is 10.2 Å². The van der Waals surface area contributed by atoms with Crippen LogP contribution >= 0.6 is 0 Å². The van der Waals surface area contributed by atoms with Gasteiger partial charge in [0.25, 0.3) is 30.0 Å². The Morgan fingerprint density at radius 2 is 1.24 bits per heavy atom. The zero-order valence-electron chi connectivity index (χ0n) is 16.5. The van der Waals surface area contributed by atoms with E-state index in [1.165, 1.54) is 11.7 Å². The van der Waals surface area contributed by atoms with Crippen molar-refractivity contribution in [1.82, 2.24) is 0 Å². The lowest BCUT2D eigenvalue weighted by atomic mass is 10.3. The summed E-state index contributed by atoms with van der Waals surface area (Å²) in [5.74, 6) is 0. The van der Waals surface area contributed by atoms with E-state index in [0.29, 0.717) is 0 Å². The SMILES string of the molecule is C[Si](O)(O)O[SiH2]O[SiH2]O[SiH2]c1ccc(/N=N\c2ccc([SiH2]O[SiH2]O[SiH3])cc2)cc1. The van der Waals surface area contributed by atoms with Crippen LogP contribution in [0.3, 0.4) is 0 Å². The summed E-state index contributed by atoms with van der Waals surface area (Å²) < 4.78 is 26.6. The van der Waals surface area contributed by atoms with E-state index in [9.17, 15) is 0 Å². The summed E-state index contributed by atoms with van der Waals surface area (Å²) in [5, 5.41) is 10.9. The maximum Gasteiger partial charge on any atom is 0.482 e. The molecule has 2 aromatic carbocycles. The third kappa shape index (κ3) is 11.3. The number of rotatable bonds is 13. The van der Waals surface area contributed by atoms with Gasteiger partial charge in [0.15, 0.2) is 19.5 Å². The van der Waals surface area contributed by atoms with E-state index in [-0.39, 0.29) is 0 Å². The smallest absolute Gasteiger partial charge is 0.449 e. The fourth-order valence-electron chi connectivity index (χ4n) is 2.08. The lowest BCUT2D eigenvalue weighted by Crippen LogP contribution is -2.37. The van der Waals surface area contributed by atoms with Crippen molar-refractivity contribution >= 4 is 90.6 Å². The predicted molar refractivity (Wildman–Crippen MR) is 130 cm³/mol. The van der Waals surface area contributed by atoms with Crippen LogP contribution in [0.25, 0.3) is 0 Å². The largest absolute Gasteiger partial charge is 0.482 e. The van der Waals surface area contributed by atoms with E-state index in [1.807, 2.05) is 48.5 Å². The number of hydrogen-bond donors (Lipinski definition) is 2. The molecule has 0 spiro atoms. The zero-order chi connectivity index (χ0) is 21.0. The fraction of sp³-hybridized carbons (Fsp3) is 0.0769. The summed E-state index contributed by atoms with van der Waals surface area (Å²) >= 11 is 0. The van der Waals surface area contributed by atoms with Crippen LogP contribution in [-0.2, 0) is 20.6 Å². The van der Waals surface area contributed by atoms with Crippen molar-refractivity contribution in [1.29, 1.82) is 0 Å². The first-order chi connectivity index (χ1) is 14.0. The van der Waals surface area contributed by atoms with Gasteiger partial charge in [0.05, 0.1) is 11.4 Å². The first-order valence-corrected chi connectivity index (χ1v) is 18.0. The van der Waals surface area contributed by atoms with Crippen molar-refractivity contribution in [3.8, 4) is 0 Å². The van der Waals surface area contributed by atoms with Crippen LogP contribution in [0.2, 0.25) is 6.55 Å². The average Bonchev–Trinajstić information content (AvgIpc) is 2.70. The molecule has 16 heteroatoms. The quantitative estimate of drug-likeness (QED) is 0.156. The molecule has 0 aliphatic rings. The minimum Gasteiger partial charge on any atom is -0.449 e. The Labute approximate surface area is 185 Å². The zero-order valence-corrected chi connectivity index (χ0v) is 26.6. The van der Waals surface area contributed by atoms with Gasteiger partial charge in [0.1, 0.15) is 10.5 Å². The number of nitrogens with zero attached hydrogens (tertiary/aromatic N) is 2. The molecule has 2 rings (SSSR count). The molecule has 0 heterocycles. The summed E-state index contributed by atoms with van der Waals surface area (Å²) in [7, 11) is -7.44. The van der Waals surface area contributed by atoms with Crippen LogP contribution in [-0.4, -0.2) is 78.4 Å². The van der Waals surface area contributed by atoms with Gasteiger partial charge in [-0.15, -0.1) is 0 Å². The van der Waals surface area contributed by atoms with Gasteiger partial charge in [0, 0.05) is 6.55 Å². The van der Waals surface area contributed by atoms with Crippen molar-refractivity contribution in [3.05, 3.63) is 48.5 Å². The van der Waals surface area contributed by atoms with E-state index in [2.05, 4.69) is 10.2 Å². The van der Waals surface area contributed by atoms with Crippen molar-refractivity contribution in [2.45, 2.75) is 6.55 Å². The highest BCUT2D eigenvalue weighted by Gasteiger charge is 2.23. The summed E-state index contributed by atoms with van der Waals surface area (Å²) in [6.45, 7) is 1.29. The Kier molecular flexibility index (Phi) is 11.5. The second-order valence-corrected chi connectivity index (χ2v) is 19.3. The molecule has 158 valence electrons. The molecule has 0 radical (unpaired) electrons. The Morgan fingerprint density at radius 3 is 1.69 bits per heavy atom. The molecular weight excluding hydrogens is 493 g/mol. The van der Waals surface area contributed by atoms with Gasteiger partial charge in [-0.1, -0.05) is 24.3 Å². The van der Waals surface area contributed by atoms with Crippen LogP contribution in [0.1, 0.15) is 0 Å². The highest BCUT2D eigenvalue weighted by Crippen LogP contribution is 2.16. The number of hydrogen-bond acceptors (Lipinski definition) is 9. The van der Waals surface area contributed by atoms with Gasteiger partial charge >= 0.3 is 8.80 Å². The van der Waals surface area contributed by atoms with Gasteiger partial charge in [0.2, 0.25) is 0 Å². The highest BCUT2D eigenvalue weighted by molar-refractivity contribution is 6.62. The van der Waals surface area contributed by atoms with Gasteiger partial charge in [-0.05, 0) is 34.6 Å². The third-order valence-corrected chi connectivity index (χ3v) is 13.0. The van der Waals surface area contributed by atoms with Crippen molar-refractivity contribution in [2.75, 3.05) is 0 Å². The molecule has 0 atom stereocenters. The normalized spacial score (nSPS) is 14.2. The van der Waals surface area contributed by atoms with Crippen molar-refractivity contribution < 1.29 is 30.2 Å². The maximum atomic E-state index is 9.13. The van der Waals surface area contributed by atoms with Crippen LogP contribution in [0.15, 0.2) is 58.8 Å². The summed E-state index contributed by atoms with van der Waals surface area (Å²) in [4.78, 5) is 18.3. The van der Waals surface area contributed by atoms with E-state index >= 15 is 0 Å². The topological polar surface area (TPSA) is 111 Å². The lowest BCUT2D eigenvalue weighted by molar-refractivity contribution is 0.239. The molecule has 29 heavy (non-hydrogen) atoms. The second kappa shape index (κ2) is 13.6. The van der Waals surface area contributed by atoms with Crippen molar-refractivity contribution in [2.24, 2.45) is 10.2 Å². The molecule has 2 aromatic rings.